The number of hydrogen-bond donors (Lipinski definition) is 3. The first-order chi connectivity index (χ1) is 14.4. The fraction of sp³-hybridized carbons (Fsp3) is 0.364. The van der Waals surface area contributed by atoms with Crippen molar-refractivity contribution in [2.45, 2.75) is 37.9 Å². The molecule has 2 aliphatic rings. The van der Waals surface area contributed by atoms with Crippen molar-refractivity contribution in [2.24, 2.45) is 0 Å². The van der Waals surface area contributed by atoms with E-state index in [9.17, 15) is 14.7 Å². The van der Waals surface area contributed by atoms with Gasteiger partial charge >= 0.3 is 12.1 Å². The lowest BCUT2D eigenvalue weighted by molar-refractivity contribution is -0.00739. The fourth-order valence-electron chi connectivity index (χ4n) is 4.44. The number of aliphatic hydroxyl groups is 1. The molecule has 2 heterocycles. The highest BCUT2D eigenvalue weighted by Gasteiger charge is 2.55. The lowest BCUT2D eigenvalue weighted by atomic mass is 9.72. The molecule has 2 aromatic carbocycles. The van der Waals surface area contributed by atoms with Crippen LogP contribution in [0.25, 0.3) is 0 Å². The molecule has 3 N–H and O–H groups in total. The molecule has 0 aliphatic carbocycles. The summed E-state index contributed by atoms with van der Waals surface area (Å²) in [4.78, 5) is 29.2. The summed E-state index contributed by atoms with van der Waals surface area (Å²) in [6.07, 6.45) is 0. The standard InChI is InChI=1S/C22H25ClN4O3/c1-13(2)24-22(30)27-18-11-26(21(29)25-15-7-5-6-14(23)10-15)17-9-4-3-8-16(17)20(18)19(27)12-28/h3-10,13,18-20,28H,11-12H2,1-2H3,(H,24,30)(H,25,29)/t18-,19+,20+/m1/s1. The molecule has 158 valence electrons. The molecule has 8 heteroatoms. The van der Waals surface area contributed by atoms with Crippen molar-refractivity contribution in [1.29, 1.82) is 0 Å². The van der Waals surface area contributed by atoms with Gasteiger partial charge in [0.1, 0.15) is 0 Å². The molecular weight excluding hydrogens is 404 g/mol. The summed E-state index contributed by atoms with van der Waals surface area (Å²) in [5, 5.41) is 16.3. The number of halogens is 1. The summed E-state index contributed by atoms with van der Waals surface area (Å²) in [5.41, 5.74) is 2.35. The second-order valence-corrected chi connectivity index (χ2v) is 8.40. The van der Waals surface area contributed by atoms with Gasteiger partial charge < -0.3 is 20.6 Å². The first-order valence-corrected chi connectivity index (χ1v) is 10.4. The highest BCUT2D eigenvalue weighted by atomic mass is 35.5. The normalized spacial score (nSPS) is 22.1. The summed E-state index contributed by atoms with van der Waals surface area (Å²) in [7, 11) is 0. The van der Waals surface area contributed by atoms with Gasteiger partial charge in [0.2, 0.25) is 0 Å². The van der Waals surface area contributed by atoms with Crippen LogP contribution < -0.4 is 15.5 Å². The Balaban J connectivity index is 1.63. The first-order valence-electron chi connectivity index (χ1n) is 10.0. The molecule has 0 aromatic heterocycles. The lowest BCUT2D eigenvalue weighted by Crippen LogP contribution is -2.72. The maximum atomic E-state index is 13.1. The number of likely N-dealkylation sites (tertiary alicyclic amines) is 1. The molecule has 0 unspecified atom stereocenters. The number of urea groups is 2. The summed E-state index contributed by atoms with van der Waals surface area (Å²) >= 11 is 6.03. The fourth-order valence-corrected chi connectivity index (χ4v) is 4.63. The number of para-hydroxylation sites is 1. The molecule has 30 heavy (non-hydrogen) atoms. The lowest BCUT2D eigenvalue weighted by Gasteiger charge is -2.58. The number of aliphatic hydroxyl groups excluding tert-OH is 1. The van der Waals surface area contributed by atoms with Crippen molar-refractivity contribution >= 4 is 35.0 Å². The van der Waals surface area contributed by atoms with Crippen LogP contribution in [0.1, 0.15) is 25.3 Å². The predicted molar refractivity (Wildman–Crippen MR) is 117 cm³/mol. The third-order valence-electron chi connectivity index (χ3n) is 5.65. The van der Waals surface area contributed by atoms with E-state index in [1.54, 1.807) is 34.1 Å². The molecule has 3 atom stereocenters. The van der Waals surface area contributed by atoms with Gasteiger partial charge in [0, 0.05) is 34.9 Å². The number of fused-ring (bicyclic) bond motifs is 3. The summed E-state index contributed by atoms with van der Waals surface area (Å²) in [5.74, 6) is -0.0145. The molecule has 1 fully saturated rings. The van der Waals surface area contributed by atoms with E-state index in [2.05, 4.69) is 10.6 Å². The largest absolute Gasteiger partial charge is 0.394 e. The third-order valence-corrected chi connectivity index (χ3v) is 5.89. The number of benzene rings is 2. The highest BCUT2D eigenvalue weighted by Crippen LogP contribution is 2.48. The summed E-state index contributed by atoms with van der Waals surface area (Å²) in [6.45, 7) is 4.00. The highest BCUT2D eigenvalue weighted by molar-refractivity contribution is 6.30. The predicted octanol–water partition coefficient (Wildman–Crippen LogP) is 3.64. The third kappa shape index (κ3) is 3.59. The van der Waals surface area contributed by atoms with Crippen molar-refractivity contribution in [2.75, 3.05) is 23.4 Å². The second kappa shape index (κ2) is 8.16. The van der Waals surface area contributed by atoms with Crippen LogP contribution >= 0.6 is 11.6 Å². The van der Waals surface area contributed by atoms with E-state index in [4.69, 9.17) is 11.6 Å². The zero-order valence-electron chi connectivity index (χ0n) is 16.9. The van der Waals surface area contributed by atoms with Crippen molar-refractivity contribution in [3.8, 4) is 0 Å². The van der Waals surface area contributed by atoms with Crippen LogP contribution in [0.3, 0.4) is 0 Å². The maximum absolute atomic E-state index is 13.1. The molecule has 4 rings (SSSR count). The zero-order valence-corrected chi connectivity index (χ0v) is 17.6. The van der Waals surface area contributed by atoms with E-state index >= 15 is 0 Å². The average Bonchev–Trinajstić information content (AvgIpc) is 2.67. The number of anilines is 2. The van der Waals surface area contributed by atoms with Crippen LogP contribution in [-0.2, 0) is 0 Å². The average molecular weight is 429 g/mol. The summed E-state index contributed by atoms with van der Waals surface area (Å²) in [6, 6.07) is 13.6. The SMILES string of the molecule is CC(C)NC(=O)N1[C@@H]2CN(C(=O)Nc3cccc(Cl)c3)c3ccccc3[C@@H]2[C@@H]1CO. The van der Waals surface area contributed by atoms with Crippen LogP contribution in [0.2, 0.25) is 5.02 Å². The van der Waals surface area contributed by atoms with Gasteiger partial charge in [-0.2, -0.15) is 0 Å². The number of nitrogens with one attached hydrogen (secondary N) is 2. The molecule has 2 aliphatic heterocycles. The first kappa shape index (κ1) is 20.5. The number of amides is 4. The maximum Gasteiger partial charge on any atom is 0.326 e. The number of hydrogen-bond acceptors (Lipinski definition) is 3. The van der Waals surface area contributed by atoms with Gasteiger partial charge in [-0.3, -0.25) is 4.90 Å². The Morgan fingerprint density at radius 2 is 1.93 bits per heavy atom. The van der Waals surface area contributed by atoms with E-state index in [0.29, 0.717) is 17.3 Å². The van der Waals surface area contributed by atoms with Crippen LogP contribution in [-0.4, -0.2) is 53.3 Å². The number of carbonyl (C=O) groups is 2. The molecule has 0 saturated carbocycles. The Morgan fingerprint density at radius 1 is 1.17 bits per heavy atom. The van der Waals surface area contributed by atoms with Gasteiger partial charge in [-0.1, -0.05) is 35.9 Å². The number of nitrogens with zero attached hydrogens (tertiary/aromatic N) is 2. The zero-order chi connectivity index (χ0) is 21.4. The Hall–Kier alpha value is -2.77. The van der Waals surface area contributed by atoms with Gasteiger partial charge in [0.15, 0.2) is 0 Å². The Bertz CT molecular complexity index is 967. The molecule has 4 amide bonds. The van der Waals surface area contributed by atoms with Gasteiger partial charge in [-0.05, 0) is 43.7 Å². The van der Waals surface area contributed by atoms with Crippen molar-refractivity contribution in [3.05, 3.63) is 59.1 Å². The molecule has 1 saturated heterocycles. The van der Waals surface area contributed by atoms with E-state index in [1.807, 2.05) is 38.1 Å². The minimum atomic E-state index is -0.312. The van der Waals surface area contributed by atoms with Crippen molar-refractivity contribution in [1.82, 2.24) is 10.2 Å². The molecular formula is C22H25ClN4O3. The quantitative estimate of drug-likeness (QED) is 0.697. The molecule has 0 bridgehead atoms. The van der Waals surface area contributed by atoms with Crippen molar-refractivity contribution < 1.29 is 14.7 Å². The molecule has 0 radical (unpaired) electrons. The Kier molecular flexibility index (Phi) is 5.58. The molecule has 0 spiro atoms. The van der Waals surface area contributed by atoms with Crippen molar-refractivity contribution in [3.63, 3.8) is 0 Å². The smallest absolute Gasteiger partial charge is 0.326 e. The number of rotatable bonds is 3. The van der Waals surface area contributed by atoms with Crippen LogP contribution in [0.5, 0.6) is 0 Å². The van der Waals surface area contributed by atoms with Gasteiger partial charge in [0.25, 0.3) is 0 Å². The van der Waals surface area contributed by atoms with Crippen LogP contribution in [0.4, 0.5) is 21.0 Å². The molecule has 7 nitrogen and oxygen atoms in total. The minimum Gasteiger partial charge on any atom is -0.394 e. The minimum absolute atomic E-state index is 0.0145. The topological polar surface area (TPSA) is 84.9 Å². The monoisotopic (exact) mass is 428 g/mol. The van der Waals surface area contributed by atoms with Crippen LogP contribution in [0, 0.1) is 0 Å². The van der Waals surface area contributed by atoms with Crippen LogP contribution in [0.15, 0.2) is 48.5 Å². The van der Waals surface area contributed by atoms with Gasteiger partial charge in [0.05, 0.1) is 18.7 Å². The van der Waals surface area contributed by atoms with Gasteiger partial charge in [-0.25, -0.2) is 9.59 Å². The van der Waals surface area contributed by atoms with E-state index in [0.717, 1.165) is 11.3 Å². The Labute approximate surface area is 180 Å². The number of carbonyl (C=O) groups excluding carboxylic acids is 2. The van der Waals surface area contributed by atoms with E-state index < -0.39 is 0 Å². The van der Waals surface area contributed by atoms with Gasteiger partial charge in [-0.15, -0.1) is 0 Å². The second-order valence-electron chi connectivity index (χ2n) is 7.96. The molecule has 2 aromatic rings. The Morgan fingerprint density at radius 3 is 2.63 bits per heavy atom. The van der Waals surface area contributed by atoms with E-state index in [1.165, 1.54) is 0 Å². The van der Waals surface area contributed by atoms with E-state index in [-0.39, 0.29) is 42.7 Å². The summed E-state index contributed by atoms with van der Waals surface area (Å²) < 4.78 is 0.